The van der Waals surface area contributed by atoms with Gasteiger partial charge in [0.1, 0.15) is 11.6 Å². The van der Waals surface area contributed by atoms with Crippen molar-refractivity contribution in [2.45, 2.75) is 23.6 Å². The van der Waals surface area contributed by atoms with Crippen molar-refractivity contribution in [3.05, 3.63) is 35.2 Å². The van der Waals surface area contributed by atoms with Crippen LogP contribution in [-0.4, -0.2) is 23.5 Å². The van der Waals surface area contributed by atoms with Gasteiger partial charge in [0, 0.05) is 17.9 Å². The third kappa shape index (κ3) is 3.92. The zero-order valence-corrected chi connectivity index (χ0v) is 12.9. The van der Waals surface area contributed by atoms with Crippen LogP contribution in [0, 0.1) is 6.92 Å². The first kappa shape index (κ1) is 14.3. The van der Waals surface area contributed by atoms with Gasteiger partial charge in [-0.05, 0) is 43.2 Å². The van der Waals surface area contributed by atoms with E-state index in [1.54, 1.807) is 18.9 Å². The summed E-state index contributed by atoms with van der Waals surface area (Å²) in [5, 5.41) is 3.16. The molecule has 0 atom stereocenters. The maximum Gasteiger partial charge on any atom is 0.170 e. The van der Waals surface area contributed by atoms with Crippen molar-refractivity contribution < 1.29 is 4.74 Å². The maximum absolute atomic E-state index is 5.41. The molecule has 0 bridgehead atoms. The Labute approximate surface area is 121 Å². The molecule has 2 aromatic rings. The molecule has 4 nitrogen and oxygen atoms in total. The number of ether oxygens (including phenoxy) is 1. The van der Waals surface area contributed by atoms with Gasteiger partial charge in [-0.15, -0.1) is 0 Å². The van der Waals surface area contributed by atoms with Crippen LogP contribution in [0.1, 0.15) is 17.0 Å². The Kier molecular flexibility index (Phi) is 5.18. The predicted octanol–water partition coefficient (Wildman–Crippen LogP) is 2.87. The molecule has 0 spiro atoms. The zero-order chi connectivity index (χ0) is 13.7. The summed E-state index contributed by atoms with van der Waals surface area (Å²) >= 11 is 3.14. The number of nitrogens with zero attached hydrogens (tertiary/aromatic N) is 2. The second-order valence-corrected chi connectivity index (χ2v) is 6.05. The van der Waals surface area contributed by atoms with Crippen molar-refractivity contribution in [3.8, 4) is 5.75 Å². The van der Waals surface area contributed by atoms with Crippen molar-refractivity contribution in [1.29, 1.82) is 0 Å². The summed E-state index contributed by atoms with van der Waals surface area (Å²) in [5.74, 6) is 2.60. The lowest BCUT2D eigenvalue weighted by Crippen LogP contribution is -2.05. The largest absolute Gasteiger partial charge is 0.496 e. The third-order valence-corrected chi connectivity index (χ3v) is 4.56. The van der Waals surface area contributed by atoms with Crippen LogP contribution in [0.3, 0.4) is 0 Å². The highest BCUT2D eigenvalue weighted by Gasteiger charge is 2.07. The fraction of sp³-hybridized carbons (Fsp3) is 0.385. The normalized spacial score (nSPS) is 10.7. The number of aromatic nitrogens is 2. The van der Waals surface area contributed by atoms with Gasteiger partial charge in [-0.2, -0.15) is 4.37 Å². The van der Waals surface area contributed by atoms with Gasteiger partial charge < -0.3 is 10.1 Å². The number of aryl methyl sites for hydroxylation is 1. The molecule has 1 aromatic carbocycles. The Hall–Kier alpha value is -1.11. The summed E-state index contributed by atoms with van der Waals surface area (Å²) in [5.41, 5.74) is 2.44. The average molecular weight is 295 g/mol. The Morgan fingerprint density at radius 2 is 2.26 bits per heavy atom. The summed E-state index contributed by atoms with van der Waals surface area (Å²) in [4.78, 5) is 4.36. The van der Waals surface area contributed by atoms with E-state index >= 15 is 0 Å². The highest BCUT2D eigenvalue weighted by Crippen LogP contribution is 2.29. The number of rotatable bonds is 6. The first-order valence-corrected chi connectivity index (χ1v) is 7.72. The van der Waals surface area contributed by atoms with E-state index in [9.17, 15) is 0 Å². The first-order chi connectivity index (χ1) is 9.22. The second-order valence-electron chi connectivity index (χ2n) is 4.07. The molecule has 0 aliphatic carbocycles. The van der Waals surface area contributed by atoms with E-state index in [1.807, 2.05) is 20.0 Å². The number of thioether (sulfide) groups is 1. The van der Waals surface area contributed by atoms with Crippen molar-refractivity contribution in [2.24, 2.45) is 0 Å². The highest BCUT2D eigenvalue weighted by molar-refractivity contribution is 8.00. The monoisotopic (exact) mass is 295 g/mol. The molecule has 0 fully saturated rings. The lowest BCUT2D eigenvalue weighted by molar-refractivity contribution is 0.411. The van der Waals surface area contributed by atoms with Crippen molar-refractivity contribution >= 4 is 23.3 Å². The average Bonchev–Trinajstić information content (AvgIpc) is 2.83. The van der Waals surface area contributed by atoms with E-state index in [2.05, 4.69) is 26.8 Å². The van der Waals surface area contributed by atoms with Crippen LogP contribution in [-0.2, 0) is 12.3 Å². The molecular formula is C13H17N3OS2. The molecule has 0 radical (unpaired) electrons. The standard InChI is InChI=1S/C13H17N3OS2/c1-9-15-13(19-16-9)18-8-11-6-10(7-14-2)4-5-12(11)17-3/h4-6,14H,7-8H2,1-3H3. The van der Waals surface area contributed by atoms with Gasteiger partial charge in [0.25, 0.3) is 0 Å². The van der Waals surface area contributed by atoms with Gasteiger partial charge in [0.15, 0.2) is 4.34 Å². The number of hydrogen-bond acceptors (Lipinski definition) is 6. The molecule has 2 rings (SSSR count). The Morgan fingerprint density at radius 1 is 1.42 bits per heavy atom. The zero-order valence-electron chi connectivity index (χ0n) is 11.3. The fourth-order valence-corrected chi connectivity index (χ4v) is 3.36. The van der Waals surface area contributed by atoms with E-state index in [4.69, 9.17) is 4.74 Å². The minimum Gasteiger partial charge on any atom is -0.496 e. The molecule has 0 saturated carbocycles. The van der Waals surface area contributed by atoms with E-state index in [0.717, 1.165) is 28.2 Å². The molecule has 0 saturated heterocycles. The molecule has 6 heteroatoms. The fourth-order valence-electron chi connectivity index (χ4n) is 1.73. The summed E-state index contributed by atoms with van der Waals surface area (Å²) < 4.78 is 10.6. The first-order valence-electron chi connectivity index (χ1n) is 5.96. The molecule has 1 heterocycles. The van der Waals surface area contributed by atoms with Crippen LogP contribution in [0.2, 0.25) is 0 Å². The van der Waals surface area contributed by atoms with E-state index in [1.165, 1.54) is 22.7 Å². The highest BCUT2D eigenvalue weighted by atomic mass is 32.2. The van der Waals surface area contributed by atoms with Gasteiger partial charge in [0.2, 0.25) is 0 Å². The van der Waals surface area contributed by atoms with Gasteiger partial charge in [-0.1, -0.05) is 17.8 Å². The van der Waals surface area contributed by atoms with E-state index < -0.39 is 0 Å². The summed E-state index contributed by atoms with van der Waals surface area (Å²) in [6.45, 7) is 2.77. The second kappa shape index (κ2) is 6.88. The molecule has 0 unspecified atom stereocenters. The maximum atomic E-state index is 5.41. The summed E-state index contributed by atoms with van der Waals surface area (Å²) in [7, 11) is 3.65. The number of benzene rings is 1. The minimum atomic E-state index is 0.836. The SMILES string of the molecule is CNCc1ccc(OC)c(CSc2nc(C)ns2)c1. The molecule has 1 N–H and O–H groups in total. The van der Waals surface area contributed by atoms with E-state index in [-0.39, 0.29) is 0 Å². The molecule has 102 valence electrons. The van der Waals surface area contributed by atoms with Gasteiger partial charge in [-0.3, -0.25) is 0 Å². The summed E-state index contributed by atoms with van der Waals surface area (Å²) in [6.07, 6.45) is 0. The van der Waals surface area contributed by atoms with Crippen molar-refractivity contribution in [3.63, 3.8) is 0 Å². The molecule has 0 amide bonds. The lowest BCUT2D eigenvalue weighted by Gasteiger charge is -2.10. The Bertz CT molecular complexity index is 542. The number of nitrogens with one attached hydrogen (secondary N) is 1. The van der Waals surface area contributed by atoms with Gasteiger partial charge >= 0.3 is 0 Å². The third-order valence-electron chi connectivity index (χ3n) is 2.59. The molecule has 19 heavy (non-hydrogen) atoms. The molecule has 0 aliphatic rings. The predicted molar refractivity (Wildman–Crippen MR) is 80.0 cm³/mol. The van der Waals surface area contributed by atoms with Crippen LogP contribution < -0.4 is 10.1 Å². The Morgan fingerprint density at radius 3 is 2.89 bits per heavy atom. The topological polar surface area (TPSA) is 47.0 Å². The van der Waals surface area contributed by atoms with Crippen molar-refractivity contribution in [2.75, 3.05) is 14.2 Å². The van der Waals surface area contributed by atoms with Crippen LogP contribution in [0.15, 0.2) is 22.5 Å². The van der Waals surface area contributed by atoms with Crippen LogP contribution in [0.25, 0.3) is 0 Å². The smallest absolute Gasteiger partial charge is 0.170 e. The van der Waals surface area contributed by atoms with E-state index in [0.29, 0.717) is 0 Å². The molecular weight excluding hydrogens is 278 g/mol. The Balaban J connectivity index is 2.10. The van der Waals surface area contributed by atoms with Gasteiger partial charge in [-0.25, -0.2) is 4.98 Å². The molecule has 1 aromatic heterocycles. The van der Waals surface area contributed by atoms with Crippen LogP contribution >= 0.6 is 23.3 Å². The van der Waals surface area contributed by atoms with Gasteiger partial charge in [0.05, 0.1) is 7.11 Å². The van der Waals surface area contributed by atoms with Crippen LogP contribution in [0.4, 0.5) is 0 Å². The summed E-state index contributed by atoms with van der Waals surface area (Å²) in [6, 6.07) is 6.28. The van der Waals surface area contributed by atoms with Crippen LogP contribution in [0.5, 0.6) is 5.75 Å². The number of hydrogen-bond donors (Lipinski definition) is 1. The van der Waals surface area contributed by atoms with Crippen molar-refractivity contribution in [1.82, 2.24) is 14.7 Å². The number of methoxy groups -OCH3 is 1. The quantitative estimate of drug-likeness (QED) is 0.830. The minimum absolute atomic E-state index is 0.836. The molecule has 0 aliphatic heterocycles. The lowest BCUT2D eigenvalue weighted by atomic mass is 10.1.